The maximum atomic E-state index is 13.1. The average Bonchev–Trinajstić information content (AvgIpc) is 3.62. The van der Waals surface area contributed by atoms with Gasteiger partial charge in [-0.3, -0.25) is 29.4 Å². The Balaban J connectivity index is 0.000000411. The van der Waals surface area contributed by atoms with Crippen LogP contribution in [0.2, 0.25) is 0 Å². The summed E-state index contributed by atoms with van der Waals surface area (Å²) in [7, 11) is 0. The van der Waals surface area contributed by atoms with Gasteiger partial charge in [0.15, 0.2) is 5.69 Å². The average molecular weight is 563 g/mol. The predicted molar refractivity (Wildman–Crippen MR) is 127 cm³/mol. The van der Waals surface area contributed by atoms with Crippen LogP contribution < -0.4 is 5.32 Å². The number of rotatable bonds is 3. The molecule has 0 aliphatic carbocycles. The van der Waals surface area contributed by atoms with E-state index in [2.05, 4.69) is 20.5 Å². The first-order valence-electron chi connectivity index (χ1n) is 12.5. The number of imide groups is 1. The molecule has 4 amide bonds. The van der Waals surface area contributed by atoms with Crippen molar-refractivity contribution in [1.82, 2.24) is 35.0 Å². The van der Waals surface area contributed by atoms with Crippen LogP contribution in [0.3, 0.4) is 0 Å². The zero-order valence-corrected chi connectivity index (χ0v) is 20.9. The second kappa shape index (κ2) is 10.3. The molecule has 2 N–H and O–H groups in total. The second-order valence-electron chi connectivity index (χ2n) is 9.83. The van der Waals surface area contributed by atoms with Crippen molar-refractivity contribution < 1.29 is 42.3 Å². The highest BCUT2D eigenvalue weighted by Gasteiger charge is 2.40. The lowest BCUT2D eigenvalue weighted by Crippen LogP contribution is -2.52. The Morgan fingerprint density at radius 2 is 1.82 bits per heavy atom. The van der Waals surface area contributed by atoms with Crippen molar-refractivity contribution in [3.05, 3.63) is 41.2 Å². The van der Waals surface area contributed by atoms with Crippen molar-refractivity contribution in [2.45, 2.75) is 44.1 Å². The molecule has 3 unspecified atom stereocenters. The number of carbonyl (C=O) groups excluding carboxylic acids is 4. The fourth-order valence-electron chi connectivity index (χ4n) is 5.29. The van der Waals surface area contributed by atoms with Crippen LogP contribution in [0.1, 0.15) is 45.7 Å². The van der Waals surface area contributed by atoms with Crippen LogP contribution in [-0.4, -0.2) is 109 Å². The number of carboxylic acid groups (broad SMARTS) is 1. The maximum absolute atomic E-state index is 13.1. The van der Waals surface area contributed by atoms with Gasteiger partial charge in [0.1, 0.15) is 6.04 Å². The summed E-state index contributed by atoms with van der Waals surface area (Å²) in [4.78, 5) is 64.4. The van der Waals surface area contributed by atoms with E-state index in [-0.39, 0.29) is 35.9 Å². The molecule has 212 valence electrons. The Morgan fingerprint density at radius 3 is 2.52 bits per heavy atom. The lowest BCUT2D eigenvalue weighted by atomic mass is 10.0. The van der Waals surface area contributed by atoms with Crippen LogP contribution in [0.25, 0.3) is 5.69 Å². The van der Waals surface area contributed by atoms with Gasteiger partial charge in [0.2, 0.25) is 11.8 Å². The van der Waals surface area contributed by atoms with E-state index in [1.807, 2.05) is 17.0 Å². The number of nitrogens with zero attached hydrogens (tertiary/aromatic N) is 6. The van der Waals surface area contributed by atoms with Gasteiger partial charge in [0.05, 0.1) is 11.9 Å². The minimum Gasteiger partial charge on any atom is -0.475 e. The number of aromatic nitrogens is 3. The zero-order chi connectivity index (χ0) is 28.8. The molecule has 0 spiro atoms. The lowest BCUT2D eigenvalue weighted by Gasteiger charge is -2.33. The Hall–Kier alpha value is -4.34. The predicted octanol–water partition coefficient (Wildman–Crippen LogP) is 0.192. The molecule has 13 nitrogen and oxygen atoms in total. The summed E-state index contributed by atoms with van der Waals surface area (Å²) in [5, 5.41) is 17.7. The van der Waals surface area contributed by atoms with Crippen molar-refractivity contribution in [2.24, 2.45) is 0 Å². The summed E-state index contributed by atoms with van der Waals surface area (Å²) in [6, 6.07) is 4.93. The molecule has 5 heterocycles. The van der Waals surface area contributed by atoms with Gasteiger partial charge in [-0.15, -0.1) is 5.10 Å². The molecule has 4 aliphatic heterocycles. The Bertz CT molecular complexity index is 1390. The molecule has 0 radical (unpaired) electrons. The number of amides is 4. The van der Waals surface area contributed by atoms with Crippen LogP contribution in [-0.2, 0) is 20.9 Å². The van der Waals surface area contributed by atoms with Crippen LogP contribution in [0.5, 0.6) is 0 Å². The quantitative estimate of drug-likeness (QED) is 0.498. The molecule has 40 heavy (non-hydrogen) atoms. The van der Waals surface area contributed by atoms with Crippen molar-refractivity contribution in [3.63, 3.8) is 0 Å². The van der Waals surface area contributed by atoms with Gasteiger partial charge in [-0.25, -0.2) is 9.48 Å². The zero-order valence-electron chi connectivity index (χ0n) is 20.9. The number of alkyl halides is 3. The monoisotopic (exact) mass is 563 g/mol. The van der Waals surface area contributed by atoms with Crippen LogP contribution in [0, 0.1) is 0 Å². The molecule has 0 saturated carbocycles. The van der Waals surface area contributed by atoms with Gasteiger partial charge in [0.25, 0.3) is 11.8 Å². The molecule has 4 aliphatic rings. The van der Waals surface area contributed by atoms with E-state index in [4.69, 9.17) is 9.90 Å². The third-order valence-corrected chi connectivity index (χ3v) is 7.34. The smallest absolute Gasteiger partial charge is 0.475 e. The number of aliphatic carboxylic acids is 1. The number of carboxylic acids is 1. The van der Waals surface area contributed by atoms with Crippen LogP contribution in [0.15, 0.2) is 24.4 Å². The lowest BCUT2D eigenvalue weighted by molar-refractivity contribution is -0.192. The number of benzene rings is 1. The Labute approximate surface area is 224 Å². The summed E-state index contributed by atoms with van der Waals surface area (Å²) in [6.07, 6.45) is -1.96. The second-order valence-corrected chi connectivity index (χ2v) is 9.83. The Kier molecular flexibility index (Phi) is 7.03. The third-order valence-electron chi connectivity index (χ3n) is 7.34. The van der Waals surface area contributed by atoms with Crippen molar-refractivity contribution in [1.29, 1.82) is 0 Å². The number of hydrogen-bond donors (Lipinski definition) is 2. The van der Waals surface area contributed by atoms with E-state index in [9.17, 15) is 32.3 Å². The van der Waals surface area contributed by atoms with Crippen LogP contribution >= 0.6 is 0 Å². The first kappa shape index (κ1) is 27.2. The van der Waals surface area contributed by atoms with Crippen molar-refractivity contribution in [2.75, 3.05) is 26.2 Å². The Morgan fingerprint density at radius 1 is 1.07 bits per heavy atom. The van der Waals surface area contributed by atoms with E-state index < -0.39 is 24.1 Å². The minimum atomic E-state index is -5.08. The van der Waals surface area contributed by atoms with Crippen LogP contribution in [0.4, 0.5) is 13.2 Å². The van der Waals surface area contributed by atoms with E-state index in [0.717, 1.165) is 31.6 Å². The van der Waals surface area contributed by atoms with Crippen molar-refractivity contribution in [3.8, 4) is 5.69 Å². The fraction of sp³-hybridized carbons (Fsp3) is 0.458. The molecule has 1 aromatic heterocycles. The molecular formula is C24H24F3N7O6. The minimum absolute atomic E-state index is 0.117. The molecule has 3 atom stereocenters. The fourth-order valence-corrected chi connectivity index (χ4v) is 5.29. The molecule has 16 heteroatoms. The molecule has 2 bridgehead atoms. The van der Waals surface area contributed by atoms with Gasteiger partial charge in [-0.1, -0.05) is 11.3 Å². The summed E-state index contributed by atoms with van der Waals surface area (Å²) in [5.74, 6) is -3.87. The highest BCUT2D eigenvalue weighted by Crippen LogP contribution is 2.29. The third kappa shape index (κ3) is 5.25. The van der Waals surface area contributed by atoms with E-state index in [1.54, 1.807) is 12.3 Å². The summed E-state index contributed by atoms with van der Waals surface area (Å²) in [6.45, 7) is 3.83. The van der Waals surface area contributed by atoms with Crippen molar-refractivity contribution >= 4 is 29.6 Å². The topological polar surface area (TPSA) is 158 Å². The van der Waals surface area contributed by atoms with Gasteiger partial charge in [0, 0.05) is 50.7 Å². The number of halogens is 3. The maximum Gasteiger partial charge on any atom is 0.490 e. The van der Waals surface area contributed by atoms with Gasteiger partial charge >= 0.3 is 12.1 Å². The molecule has 3 saturated heterocycles. The first-order valence-corrected chi connectivity index (χ1v) is 12.5. The largest absolute Gasteiger partial charge is 0.490 e. The number of fused-ring (bicyclic) bond motifs is 3. The summed E-state index contributed by atoms with van der Waals surface area (Å²) in [5.41, 5.74) is 2.20. The number of nitrogens with one attached hydrogen (secondary N) is 1. The highest BCUT2D eigenvalue weighted by atomic mass is 19.4. The van der Waals surface area contributed by atoms with Gasteiger partial charge in [-0.05, 0) is 30.5 Å². The summed E-state index contributed by atoms with van der Waals surface area (Å²) < 4.78 is 33.2. The summed E-state index contributed by atoms with van der Waals surface area (Å²) >= 11 is 0. The number of piperidine rings is 1. The molecule has 1 aromatic carbocycles. The first-order chi connectivity index (χ1) is 18.9. The standard InChI is InChI=1S/C22H23N7O4.C2HF3O2/c30-19-4-3-18(20(31)23-19)28-10-13-1-2-14(9-16(13)21(28)32)29-12-17(24-25-29)22(33)27-8-7-26-6-5-15(27)11-26;3-2(4,5)1(6)7/h1-2,9,12,15,18H,3-8,10-11H2,(H,23,30,31);(H,6,7). The molecule has 2 aromatic rings. The number of piperazine rings is 1. The number of hydrogen-bond acceptors (Lipinski definition) is 8. The van der Waals surface area contributed by atoms with Gasteiger partial charge in [-0.2, -0.15) is 13.2 Å². The molecular weight excluding hydrogens is 539 g/mol. The molecule has 3 fully saturated rings. The number of carbonyl (C=O) groups is 5. The van der Waals surface area contributed by atoms with E-state index in [1.165, 1.54) is 9.58 Å². The normalized spacial score (nSPS) is 23.9. The van der Waals surface area contributed by atoms with E-state index in [0.29, 0.717) is 30.8 Å². The van der Waals surface area contributed by atoms with E-state index >= 15 is 0 Å². The SMILES string of the molecule is O=C(O)C(F)(F)F.O=C1CCC(N2Cc3ccc(-n4cc(C(=O)N5CCN6CCC5C6)nn4)cc3C2=O)C(=O)N1. The van der Waals surface area contributed by atoms with Gasteiger partial charge < -0.3 is 14.9 Å². The molecule has 6 rings (SSSR count). The highest BCUT2D eigenvalue weighted by molar-refractivity contribution is 6.05.